The average Bonchev–Trinajstić information content (AvgIpc) is 3.31. The number of nitrogens with two attached hydrogens (primary N) is 1. The Morgan fingerprint density at radius 2 is 2.06 bits per heavy atom. The van der Waals surface area contributed by atoms with E-state index in [0.29, 0.717) is 29.4 Å². The van der Waals surface area contributed by atoms with Crippen molar-refractivity contribution in [1.29, 1.82) is 0 Å². The van der Waals surface area contributed by atoms with Gasteiger partial charge in [-0.1, -0.05) is 19.8 Å². The molecule has 9 heteroatoms. The van der Waals surface area contributed by atoms with Crippen LogP contribution in [0, 0.1) is 0 Å². The SMILES string of the molecule is CCC(C=O)N(c1nc(Nc2ccc(C(N)=O)cc2OC)ncc1N(C)C)C1CCCC1. The lowest BCUT2D eigenvalue weighted by Crippen LogP contribution is -2.44. The highest BCUT2D eigenvalue weighted by atomic mass is 16.5. The standard InChI is InChI=1S/C23H32N6O3/c1-5-16(14-30)29(17-8-6-7-9-17)22-19(28(2)3)13-25-23(27-22)26-18-11-10-15(21(24)31)12-20(18)32-4/h10-14,16-17H,5-9H2,1-4H3,(H2,24,31)(H,25,26,27). The third-order valence-corrected chi connectivity index (χ3v) is 5.86. The summed E-state index contributed by atoms with van der Waals surface area (Å²) in [6.45, 7) is 2.02. The minimum Gasteiger partial charge on any atom is -0.495 e. The fourth-order valence-electron chi connectivity index (χ4n) is 4.14. The summed E-state index contributed by atoms with van der Waals surface area (Å²) in [5, 5.41) is 3.18. The number of hydrogen-bond donors (Lipinski definition) is 2. The second-order valence-electron chi connectivity index (χ2n) is 8.16. The zero-order valence-corrected chi connectivity index (χ0v) is 19.2. The minimum atomic E-state index is -0.532. The summed E-state index contributed by atoms with van der Waals surface area (Å²) >= 11 is 0. The first kappa shape index (κ1) is 23.3. The lowest BCUT2D eigenvalue weighted by atomic mass is 10.1. The number of aldehydes is 1. The van der Waals surface area contributed by atoms with E-state index in [2.05, 4.69) is 15.2 Å². The maximum atomic E-state index is 12.0. The largest absolute Gasteiger partial charge is 0.495 e. The number of carbonyl (C=O) groups is 2. The number of hydrogen-bond acceptors (Lipinski definition) is 8. The van der Waals surface area contributed by atoms with Gasteiger partial charge in [0.1, 0.15) is 12.0 Å². The van der Waals surface area contributed by atoms with Crippen molar-refractivity contribution in [2.24, 2.45) is 5.73 Å². The molecule has 1 saturated carbocycles. The molecule has 2 aromatic rings. The van der Waals surface area contributed by atoms with E-state index in [9.17, 15) is 9.59 Å². The van der Waals surface area contributed by atoms with Crippen LogP contribution >= 0.6 is 0 Å². The topological polar surface area (TPSA) is 114 Å². The predicted octanol–water partition coefficient (Wildman–Crippen LogP) is 3.12. The van der Waals surface area contributed by atoms with Gasteiger partial charge in [-0.3, -0.25) is 4.79 Å². The zero-order valence-electron chi connectivity index (χ0n) is 19.2. The van der Waals surface area contributed by atoms with Crippen LogP contribution < -0.4 is 25.6 Å². The number of amides is 1. The summed E-state index contributed by atoms with van der Waals surface area (Å²) in [7, 11) is 5.40. The van der Waals surface area contributed by atoms with E-state index in [1.54, 1.807) is 24.4 Å². The van der Waals surface area contributed by atoms with Crippen molar-refractivity contribution in [1.82, 2.24) is 9.97 Å². The number of nitrogens with one attached hydrogen (secondary N) is 1. The quantitative estimate of drug-likeness (QED) is 0.542. The molecule has 0 aliphatic heterocycles. The summed E-state index contributed by atoms with van der Waals surface area (Å²) in [5.74, 6) is 1.02. The van der Waals surface area contributed by atoms with Gasteiger partial charge in [-0.05, 0) is 37.5 Å². The number of nitrogens with zero attached hydrogens (tertiary/aromatic N) is 4. The van der Waals surface area contributed by atoms with Gasteiger partial charge in [0.05, 0.1) is 30.7 Å². The number of ether oxygens (including phenoxy) is 1. The normalized spacial score (nSPS) is 14.6. The van der Waals surface area contributed by atoms with Crippen molar-refractivity contribution in [3.8, 4) is 5.75 Å². The van der Waals surface area contributed by atoms with Crippen molar-refractivity contribution < 1.29 is 14.3 Å². The molecule has 3 rings (SSSR count). The second-order valence-corrected chi connectivity index (χ2v) is 8.16. The fourth-order valence-corrected chi connectivity index (χ4v) is 4.14. The Kier molecular flexibility index (Phi) is 7.50. The van der Waals surface area contributed by atoms with Crippen molar-refractivity contribution in [2.45, 2.75) is 51.1 Å². The van der Waals surface area contributed by atoms with E-state index in [4.69, 9.17) is 15.5 Å². The molecule has 0 bridgehead atoms. The van der Waals surface area contributed by atoms with Crippen LogP contribution in [0.15, 0.2) is 24.4 Å². The molecule has 3 N–H and O–H groups in total. The monoisotopic (exact) mass is 440 g/mol. The molecule has 32 heavy (non-hydrogen) atoms. The Hall–Kier alpha value is -3.36. The van der Waals surface area contributed by atoms with Crippen LogP contribution in [0.4, 0.5) is 23.1 Å². The lowest BCUT2D eigenvalue weighted by Gasteiger charge is -2.36. The second kappa shape index (κ2) is 10.3. The molecule has 1 aromatic heterocycles. The summed E-state index contributed by atoms with van der Waals surface area (Å²) < 4.78 is 5.41. The Morgan fingerprint density at radius 1 is 1.34 bits per heavy atom. The summed E-state index contributed by atoms with van der Waals surface area (Å²) in [6, 6.07) is 4.90. The van der Waals surface area contributed by atoms with E-state index in [-0.39, 0.29) is 12.1 Å². The molecule has 1 heterocycles. The first-order valence-electron chi connectivity index (χ1n) is 10.9. The van der Waals surface area contributed by atoms with Gasteiger partial charge in [-0.15, -0.1) is 0 Å². The highest BCUT2D eigenvalue weighted by molar-refractivity contribution is 5.94. The number of primary amides is 1. The maximum Gasteiger partial charge on any atom is 0.248 e. The molecule has 1 aromatic carbocycles. The fraction of sp³-hybridized carbons (Fsp3) is 0.478. The van der Waals surface area contributed by atoms with Gasteiger partial charge in [0, 0.05) is 25.7 Å². The lowest BCUT2D eigenvalue weighted by molar-refractivity contribution is -0.109. The van der Waals surface area contributed by atoms with E-state index >= 15 is 0 Å². The van der Waals surface area contributed by atoms with Crippen LogP contribution in [0.3, 0.4) is 0 Å². The molecule has 1 aliphatic carbocycles. The summed E-state index contributed by atoms with van der Waals surface area (Å²) in [4.78, 5) is 36.9. The summed E-state index contributed by atoms with van der Waals surface area (Å²) in [5.41, 5.74) is 7.18. The zero-order chi connectivity index (χ0) is 23.3. The molecule has 1 fully saturated rings. The molecular weight excluding hydrogens is 408 g/mol. The van der Waals surface area contributed by atoms with E-state index in [0.717, 1.165) is 43.5 Å². The number of rotatable bonds is 10. The Morgan fingerprint density at radius 3 is 2.62 bits per heavy atom. The van der Waals surface area contributed by atoms with Crippen molar-refractivity contribution in [3.05, 3.63) is 30.0 Å². The molecule has 0 saturated heterocycles. The predicted molar refractivity (Wildman–Crippen MR) is 126 cm³/mol. The van der Waals surface area contributed by atoms with Gasteiger partial charge in [-0.2, -0.15) is 4.98 Å². The van der Waals surface area contributed by atoms with Crippen molar-refractivity contribution in [3.63, 3.8) is 0 Å². The molecule has 1 atom stereocenters. The first-order chi connectivity index (χ1) is 15.4. The molecule has 0 radical (unpaired) electrons. The molecule has 1 amide bonds. The highest BCUT2D eigenvalue weighted by Crippen LogP contribution is 2.36. The summed E-state index contributed by atoms with van der Waals surface area (Å²) in [6.07, 6.45) is 7.83. The van der Waals surface area contributed by atoms with Gasteiger partial charge in [0.25, 0.3) is 0 Å². The minimum absolute atomic E-state index is 0.260. The van der Waals surface area contributed by atoms with Crippen molar-refractivity contribution in [2.75, 3.05) is 36.3 Å². The van der Waals surface area contributed by atoms with Gasteiger partial charge in [-0.25, -0.2) is 4.98 Å². The number of aromatic nitrogens is 2. The number of methoxy groups -OCH3 is 1. The van der Waals surface area contributed by atoms with Crippen LogP contribution in [0.2, 0.25) is 0 Å². The number of anilines is 4. The van der Waals surface area contributed by atoms with Gasteiger partial charge in [0.2, 0.25) is 11.9 Å². The van der Waals surface area contributed by atoms with Crippen LogP contribution in [0.1, 0.15) is 49.4 Å². The smallest absolute Gasteiger partial charge is 0.248 e. The Balaban J connectivity index is 2.04. The molecule has 1 unspecified atom stereocenters. The molecule has 0 spiro atoms. The van der Waals surface area contributed by atoms with Gasteiger partial charge in [0.15, 0.2) is 5.82 Å². The molecular formula is C23H32N6O3. The maximum absolute atomic E-state index is 12.0. The molecule has 1 aliphatic rings. The van der Waals surface area contributed by atoms with Crippen LogP contribution in [-0.4, -0.2) is 55.5 Å². The van der Waals surface area contributed by atoms with E-state index in [1.165, 1.54) is 7.11 Å². The number of carbonyl (C=O) groups excluding carboxylic acids is 2. The number of benzene rings is 1. The third-order valence-electron chi connectivity index (χ3n) is 5.86. The highest BCUT2D eigenvalue weighted by Gasteiger charge is 2.31. The van der Waals surface area contributed by atoms with Crippen molar-refractivity contribution >= 4 is 35.3 Å². The third kappa shape index (κ3) is 4.92. The van der Waals surface area contributed by atoms with Crippen LogP contribution in [0.25, 0.3) is 0 Å². The van der Waals surface area contributed by atoms with Crippen LogP contribution in [0.5, 0.6) is 5.75 Å². The van der Waals surface area contributed by atoms with Gasteiger partial charge >= 0.3 is 0 Å². The molecule has 9 nitrogen and oxygen atoms in total. The first-order valence-corrected chi connectivity index (χ1v) is 10.9. The average molecular weight is 441 g/mol. The Labute approximate surface area is 189 Å². The van der Waals surface area contributed by atoms with Gasteiger partial charge < -0.3 is 30.4 Å². The van der Waals surface area contributed by atoms with E-state index in [1.807, 2.05) is 25.9 Å². The Bertz CT molecular complexity index is 959. The van der Waals surface area contributed by atoms with Crippen LogP contribution in [-0.2, 0) is 4.79 Å². The van der Waals surface area contributed by atoms with E-state index < -0.39 is 5.91 Å². The molecule has 172 valence electrons.